The molecule has 0 saturated heterocycles. The Hall–Kier alpha value is -1.42. The van der Waals surface area contributed by atoms with Gasteiger partial charge >= 0.3 is 0 Å². The van der Waals surface area contributed by atoms with Gasteiger partial charge in [-0.05, 0) is 31.9 Å². The van der Waals surface area contributed by atoms with Crippen LogP contribution in [0.15, 0.2) is 18.2 Å². The Morgan fingerprint density at radius 1 is 1.44 bits per heavy atom. The Morgan fingerprint density at radius 3 is 2.94 bits per heavy atom. The molecule has 1 aliphatic carbocycles. The van der Waals surface area contributed by atoms with E-state index in [1.54, 1.807) is 0 Å². The van der Waals surface area contributed by atoms with Gasteiger partial charge in [0.15, 0.2) is 0 Å². The van der Waals surface area contributed by atoms with Crippen molar-refractivity contribution in [3.8, 4) is 0 Å². The fourth-order valence-corrected chi connectivity index (χ4v) is 2.49. The number of nitrogens with zero attached hydrogens (tertiary/aromatic N) is 1. The number of nitrogens with one attached hydrogen (secondary N) is 1. The second-order valence-corrected chi connectivity index (χ2v) is 5.04. The molecule has 0 aromatic carbocycles. The number of nitrogens with two attached hydrogens (primary N) is 1. The topological polar surface area (TPSA) is 68.0 Å². The number of carbonyl (C=O) groups excluding carboxylic acids is 1. The molecule has 0 spiro atoms. The molecule has 0 aliphatic heterocycles. The summed E-state index contributed by atoms with van der Waals surface area (Å²) in [6.07, 6.45) is 4.12. The number of aromatic nitrogens is 1. The van der Waals surface area contributed by atoms with E-state index >= 15 is 0 Å². The van der Waals surface area contributed by atoms with E-state index < -0.39 is 0 Å². The van der Waals surface area contributed by atoms with Crippen molar-refractivity contribution in [1.82, 2.24) is 10.3 Å². The van der Waals surface area contributed by atoms with Crippen molar-refractivity contribution in [3.05, 3.63) is 29.6 Å². The van der Waals surface area contributed by atoms with Crippen LogP contribution in [0.1, 0.15) is 37.1 Å². The first-order valence-electron chi connectivity index (χ1n) is 6.62. The SMILES string of the molecule is Cc1cccc(CNC(=O)C2CCCCC2N)n1. The van der Waals surface area contributed by atoms with Crippen LogP contribution in [0.2, 0.25) is 0 Å². The minimum absolute atomic E-state index is 0.0178. The minimum Gasteiger partial charge on any atom is -0.350 e. The number of carbonyl (C=O) groups is 1. The molecule has 1 heterocycles. The highest BCUT2D eigenvalue weighted by atomic mass is 16.1. The second-order valence-electron chi connectivity index (χ2n) is 5.04. The summed E-state index contributed by atoms with van der Waals surface area (Å²) in [5.41, 5.74) is 7.86. The summed E-state index contributed by atoms with van der Waals surface area (Å²) < 4.78 is 0. The van der Waals surface area contributed by atoms with Gasteiger partial charge in [-0.15, -0.1) is 0 Å². The van der Waals surface area contributed by atoms with Gasteiger partial charge in [0.1, 0.15) is 0 Å². The van der Waals surface area contributed by atoms with Crippen LogP contribution in [0.25, 0.3) is 0 Å². The molecule has 1 aliphatic rings. The van der Waals surface area contributed by atoms with Crippen LogP contribution in [-0.4, -0.2) is 16.9 Å². The lowest BCUT2D eigenvalue weighted by Gasteiger charge is -2.27. The molecule has 1 aromatic heterocycles. The Balaban J connectivity index is 1.88. The molecule has 4 nitrogen and oxygen atoms in total. The molecule has 1 amide bonds. The first kappa shape index (κ1) is 13.0. The van der Waals surface area contributed by atoms with Crippen molar-refractivity contribution >= 4 is 5.91 Å². The van der Waals surface area contributed by atoms with Crippen LogP contribution >= 0.6 is 0 Å². The van der Waals surface area contributed by atoms with Gasteiger partial charge in [0, 0.05) is 11.7 Å². The molecule has 2 unspecified atom stereocenters. The Morgan fingerprint density at radius 2 is 2.22 bits per heavy atom. The lowest BCUT2D eigenvalue weighted by Crippen LogP contribution is -2.43. The maximum atomic E-state index is 12.0. The quantitative estimate of drug-likeness (QED) is 0.851. The van der Waals surface area contributed by atoms with Gasteiger partial charge in [0.2, 0.25) is 5.91 Å². The van der Waals surface area contributed by atoms with E-state index in [9.17, 15) is 4.79 Å². The average molecular weight is 247 g/mol. The average Bonchev–Trinajstić information content (AvgIpc) is 2.37. The van der Waals surface area contributed by atoms with Crippen molar-refractivity contribution < 1.29 is 4.79 Å². The third-order valence-electron chi connectivity index (χ3n) is 3.55. The number of aryl methyl sites for hydroxylation is 1. The Bertz CT molecular complexity index is 419. The van der Waals surface area contributed by atoms with Crippen LogP contribution < -0.4 is 11.1 Å². The summed E-state index contributed by atoms with van der Waals surface area (Å²) >= 11 is 0. The fourth-order valence-electron chi connectivity index (χ4n) is 2.49. The van der Waals surface area contributed by atoms with E-state index in [0.717, 1.165) is 37.1 Å². The van der Waals surface area contributed by atoms with Crippen LogP contribution in [0.3, 0.4) is 0 Å². The molecule has 3 N–H and O–H groups in total. The molecule has 18 heavy (non-hydrogen) atoms. The molecule has 4 heteroatoms. The molecular formula is C14H21N3O. The molecule has 0 bridgehead atoms. The van der Waals surface area contributed by atoms with Gasteiger partial charge in [-0.25, -0.2) is 0 Å². The van der Waals surface area contributed by atoms with E-state index in [4.69, 9.17) is 5.73 Å². The van der Waals surface area contributed by atoms with E-state index in [2.05, 4.69) is 10.3 Å². The van der Waals surface area contributed by atoms with Gasteiger partial charge in [-0.1, -0.05) is 18.9 Å². The molecule has 2 atom stereocenters. The molecular weight excluding hydrogens is 226 g/mol. The highest BCUT2D eigenvalue weighted by Crippen LogP contribution is 2.23. The van der Waals surface area contributed by atoms with Crippen LogP contribution in [0.5, 0.6) is 0 Å². The van der Waals surface area contributed by atoms with Crippen molar-refractivity contribution in [1.29, 1.82) is 0 Å². The van der Waals surface area contributed by atoms with E-state index in [1.807, 2.05) is 25.1 Å². The zero-order valence-corrected chi connectivity index (χ0v) is 10.9. The number of amides is 1. The lowest BCUT2D eigenvalue weighted by atomic mass is 9.84. The van der Waals surface area contributed by atoms with Crippen molar-refractivity contribution in [2.45, 2.75) is 45.2 Å². The minimum atomic E-state index is -0.0245. The third-order valence-corrected chi connectivity index (χ3v) is 3.55. The number of pyridine rings is 1. The molecule has 0 radical (unpaired) electrons. The number of rotatable bonds is 3. The summed E-state index contributed by atoms with van der Waals surface area (Å²) in [4.78, 5) is 16.4. The highest BCUT2D eigenvalue weighted by Gasteiger charge is 2.27. The normalized spacial score (nSPS) is 23.7. The summed E-state index contributed by atoms with van der Waals surface area (Å²) in [5, 5.41) is 2.94. The van der Waals surface area contributed by atoms with E-state index in [1.165, 1.54) is 0 Å². The highest BCUT2D eigenvalue weighted by molar-refractivity contribution is 5.79. The zero-order chi connectivity index (χ0) is 13.0. The van der Waals surface area contributed by atoms with Crippen molar-refractivity contribution in [2.75, 3.05) is 0 Å². The van der Waals surface area contributed by atoms with Crippen LogP contribution in [0, 0.1) is 12.8 Å². The largest absolute Gasteiger partial charge is 0.350 e. The first-order valence-corrected chi connectivity index (χ1v) is 6.62. The van der Waals surface area contributed by atoms with Crippen LogP contribution in [-0.2, 0) is 11.3 Å². The Kier molecular flexibility index (Phi) is 4.31. The first-order chi connectivity index (χ1) is 8.66. The zero-order valence-electron chi connectivity index (χ0n) is 10.9. The fraction of sp³-hybridized carbons (Fsp3) is 0.571. The monoisotopic (exact) mass is 247 g/mol. The molecule has 1 aromatic rings. The van der Waals surface area contributed by atoms with Gasteiger partial charge in [0.25, 0.3) is 0 Å². The standard InChI is InChI=1S/C14H21N3O/c1-10-5-4-6-11(17-10)9-16-14(18)12-7-2-3-8-13(12)15/h4-6,12-13H,2-3,7-9,15H2,1H3,(H,16,18). The summed E-state index contributed by atoms with van der Waals surface area (Å²) in [6.45, 7) is 2.44. The predicted octanol–water partition coefficient (Wildman–Crippen LogP) is 1.52. The lowest BCUT2D eigenvalue weighted by molar-refractivity contribution is -0.126. The third kappa shape index (κ3) is 3.29. The van der Waals surface area contributed by atoms with Gasteiger partial charge in [0.05, 0.1) is 18.2 Å². The summed E-state index contributed by atoms with van der Waals surface area (Å²) in [7, 11) is 0. The number of hydrogen-bond donors (Lipinski definition) is 2. The van der Waals surface area contributed by atoms with E-state index in [0.29, 0.717) is 6.54 Å². The van der Waals surface area contributed by atoms with Crippen LogP contribution in [0.4, 0.5) is 0 Å². The summed E-state index contributed by atoms with van der Waals surface area (Å²) in [6, 6.07) is 5.84. The molecule has 2 rings (SSSR count). The Labute approximate surface area is 108 Å². The smallest absolute Gasteiger partial charge is 0.224 e. The van der Waals surface area contributed by atoms with Gasteiger partial charge < -0.3 is 11.1 Å². The molecule has 1 fully saturated rings. The van der Waals surface area contributed by atoms with Crippen molar-refractivity contribution in [3.63, 3.8) is 0 Å². The predicted molar refractivity (Wildman–Crippen MR) is 70.8 cm³/mol. The molecule has 1 saturated carbocycles. The molecule has 98 valence electrons. The van der Waals surface area contributed by atoms with Gasteiger partial charge in [-0.3, -0.25) is 9.78 Å². The maximum absolute atomic E-state index is 12.0. The second kappa shape index (κ2) is 5.96. The van der Waals surface area contributed by atoms with E-state index in [-0.39, 0.29) is 17.9 Å². The van der Waals surface area contributed by atoms with Crippen molar-refractivity contribution in [2.24, 2.45) is 11.7 Å². The summed E-state index contributed by atoms with van der Waals surface area (Å²) in [5.74, 6) is 0.0501. The van der Waals surface area contributed by atoms with Gasteiger partial charge in [-0.2, -0.15) is 0 Å². The maximum Gasteiger partial charge on any atom is 0.224 e. The number of hydrogen-bond acceptors (Lipinski definition) is 3.